The monoisotopic (exact) mass is 412 g/mol. The van der Waals surface area contributed by atoms with E-state index in [1.807, 2.05) is 55.6 Å². The van der Waals surface area contributed by atoms with Crippen molar-refractivity contribution in [2.24, 2.45) is 5.92 Å². The number of amides is 2. The Morgan fingerprint density at radius 1 is 1.25 bits per heavy atom. The Bertz CT molecular complexity index is 982. The Kier molecular flexibility index (Phi) is 5.23. The van der Waals surface area contributed by atoms with Gasteiger partial charge in [0.2, 0.25) is 16.9 Å². The van der Waals surface area contributed by atoms with Crippen molar-refractivity contribution in [3.8, 4) is 0 Å². The number of nitrogens with zero attached hydrogens (tertiary/aromatic N) is 3. The van der Waals surface area contributed by atoms with Crippen LogP contribution in [0.4, 0.5) is 10.8 Å². The molecule has 6 nitrogen and oxygen atoms in total. The number of hydrogen-bond acceptors (Lipinski definition) is 6. The van der Waals surface area contributed by atoms with Crippen molar-refractivity contribution < 1.29 is 9.59 Å². The Balaban J connectivity index is 1.65. The standard InChI is InChI=1S/C20H20N4O2S2/c1-3-16-22-23-20(28-16)21-19(26)14-11-17(25)24(13-8-6-12(2)7-9-13)18(14)15-5-4-10-27-15/h4-10,14,18H,3,11H2,1-2H3,(H,21,23,26)/t14-,18+/m1/s1. The Hall–Kier alpha value is -2.58. The predicted octanol–water partition coefficient (Wildman–Crippen LogP) is 4.20. The van der Waals surface area contributed by atoms with Gasteiger partial charge in [-0.1, -0.05) is 42.0 Å². The van der Waals surface area contributed by atoms with Gasteiger partial charge in [0.1, 0.15) is 5.01 Å². The maximum Gasteiger partial charge on any atom is 0.232 e. The zero-order valence-electron chi connectivity index (χ0n) is 15.6. The van der Waals surface area contributed by atoms with Gasteiger partial charge in [0.15, 0.2) is 0 Å². The molecule has 0 unspecified atom stereocenters. The van der Waals surface area contributed by atoms with Gasteiger partial charge < -0.3 is 10.2 Å². The zero-order chi connectivity index (χ0) is 19.7. The van der Waals surface area contributed by atoms with E-state index >= 15 is 0 Å². The first-order chi connectivity index (χ1) is 13.6. The molecule has 0 spiro atoms. The molecule has 28 heavy (non-hydrogen) atoms. The fourth-order valence-electron chi connectivity index (χ4n) is 3.41. The predicted molar refractivity (Wildman–Crippen MR) is 112 cm³/mol. The average Bonchev–Trinajstić information content (AvgIpc) is 3.42. The molecule has 144 valence electrons. The number of hydrogen-bond donors (Lipinski definition) is 1. The molecular weight excluding hydrogens is 392 g/mol. The fraction of sp³-hybridized carbons (Fsp3) is 0.300. The van der Waals surface area contributed by atoms with E-state index in [2.05, 4.69) is 15.5 Å². The maximum absolute atomic E-state index is 13.0. The summed E-state index contributed by atoms with van der Waals surface area (Å²) in [7, 11) is 0. The zero-order valence-corrected chi connectivity index (χ0v) is 17.2. The van der Waals surface area contributed by atoms with E-state index in [1.54, 1.807) is 16.2 Å². The smallest absolute Gasteiger partial charge is 0.232 e. The number of nitrogens with one attached hydrogen (secondary N) is 1. The lowest BCUT2D eigenvalue weighted by atomic mass is 9.97. The molecule has 2 atom stereocenters. The highest BCUT2D eigenvalue weighted by molar-refractivity contribution is 7.15. The van der Waals surface area contributed by atoms with Crippen molar-refractivity contribution >= 4 is 45.3 Å². The van der Waals surface area contributed by atoms with Crippen LogP contribution in [0.3, 0.4) is 0 Å². The van der Waals surface area contributed by atoms with Crippen molar-refractivity contribution in [1.82, 2.24) is 10.2 Å². The van der Waals surface area contributed by atoms with Gasteiger partial charge in [0.05, 0.1) is 12.0 Å². The highest BCUT2D eigenvalue weighted by atomic mass is 32.1. The molecule has 0 aliphatic carbocycles. The van der Waals surface area contributed by atoms with Crippen molar-refractivity contribution in [3.05, 3.63) is 57.2 Å². The molecule has 8 heteroatoms. The maximum atomic E-state index is 13.0. The minimum atomic E-state index is -0.485. The van der Waals surface area contributed by atoms with Gasteiger partial charge in [-0.25, -0.2) is 0 Å². The number of benzene rings is 1. The molecule has 0 saturated carbocycles. The van der Waals surface area contributed by atoms with E-state index in [0.717, 1.165) is 27.6 Å². The topological polar surface area (TPSA) is 75.2 Å². The minimum Gasteiger partial charge on any atom is -0.303 e. The van der Waals surface area contributed by atoms with Crippen molar-refractivity contribution in [3.63, 3.8) is 0 Å². The molecule has 1 aromatic carbocycles. The van der Waals surface area contributed by atoms with E-state index in [4.69, 9.17) is 0 Å². The summed E-state index contributed by atoms with van der Waals surface area (Å²) < 4.78 is 0. The molecule has 0 radical (unpaired) electrons. The SMILES string of the molecule is CCc1nnc(NC(=O)[C@@H]2CC(=O)N(c3ccc(C)cc3)[C@@H]2c2cccs2)s1. The van der Waals surface area contributed by atoms with E-state index < -0.39 is 5.92 Å². The molecule has 2 amide bonds. The molecule has 1 aliphatic rings. The average molecular weight is 413 g/mol. The highest BCUT2D eigenvalue weighted by Gasteiger charge is 2.46. The summed E-state index contributed by atoms with van der Waals surface area (Å²) in [5.74, 6) is -0.726. The van der Waals surface area contributed by atoms with Gasteiger partial charge in [-0.05, 0) is 36.9 Å². The van der Waals surface area contributed by atoms with Crippen LogP contribution in [0.15, 0.2) is 41.8 Å². The van der Waals surface area contributed by atoms with Crippen molar-refractivity contribution in [2.45, 2.75) is 32.7 Å². The van der Waals surface area contributed by atoms with Crippen LogP contribution in [0.5, 0.6) is 0 Å². The van der Waals surface area contributed by atoms with Crippen LogP contribution in [0, 0.1) is 12.8 Å². The number of anilines is 2. The summed E-state index contributed by atoms with van der Waals surface area (Å²) in [4.78, 5) is 28.7. The van der Waals surface area contributed by atoms with E-state index in [0.29, 0.717) is 5.13 Å². The minimum absolute atomic E-state index is 0.0473. The Morgan fingerprint density at radius 2 is 2.04 bits per heavy atom. The molecule has 3 aromatic rings. The molecule has 2 aromatic heterocycles. The molecule has 1 N–H and O–H groups in total. The molecule has 1 fully saturated rings. The molecular formula is C20H20N4O2S2. The lowest BCUT2D eigenvalue weighted by molar-refractivity contribution is -0.122. The van der Waals surface area contributed by atoms with Gasteiger partial charge in [-0.3, -0.25) is 9.59 Å². The summed E-state index contributed by atoms with van der Waals surface area (Å²) >= 11 is 2.93. The van der Waals surface area contributed by atoms with Crippen LogP contribution in [0.25, 0.3) is 0 Å². The molecule has 4 rings (SSSR count). The van der Waals surface area contributed by atoms with Gasteiger partial charge in [0, 0.05) is 17.0 Å². The van der Waals surface area contributed by atoms with Crippen LogP contribution in [-0.4, -0.2) is 22.0 Å². The summed E-state index contributed by atoms with van der Waals surface area (Å²) in [5, 5.41) is 14.3. The second kappa shape index (κ2) is 7.81. The number of thiophene rings is 1. The van der Waals surface area contributed by atoms with Crippen LogP contribution < -0.4 is 10.2 Å². The summed E-state index contributed by atoms with van der Waals surface area (Å²) in [6.45, 7) is 4.00. The Labute approximate surface area is 171 Å². The highest BCUT2D eigenvalue weighted by Crippen LogP contribution is 2.43. The molecule has 0 bridgehead atoms. The third kappa shape index (κ3) is 3.57. The number of rotatable bonds is 5. The first kappa shape index (κ1) is 18.8. The number of aromatic nitrogens is 2. The molecule has 1 aliphatic heterocycles. The van der Waals surface area contributed by atoms with Gasteiger partial charge in [-0.2, -0.15) is 0 Å². The summed E-state index contributed by atoms with van der Waals surface area (Å²) in [6, 6.07) is 11.4. The van der Waals surface area contributed by atoms with Gasteiger partial charge in [0.25, 0.3) is 0 Å². The number of aryl methyl sites for hydroxylation is 2. The van der Waals surface area contributed by atoms with Crippen LogP contribution in [0.2, 0.25) is 0 Å². The van der Waals surface area contributed by atoms with Crippen LogP contribution in [0.1, 0.15) is 34.8 Å². The van der Waals surface area contributed by atoms with Gasteiger partial charge >= 0.3 is 0 Å². The third-order valence-electron chi connectivity index (χ3n) is 4.81. The summed E-state index contributed by atoms with van der Waals surface area (Å²) in [6.07, 6.45) is 0.941. The fourth-order valence-corrected chi connectivity index (χ4v) is 4.97. The van der Waals surface area contributed by atoms with Crippen molar-refractivity contribution in [2.75, 3.05) is 10.2 Å². The third-order valence-corrected chi connectivity index (χ3v) is 6.73. The molecule has 1 saturated heterocycles. The van der Waals surface area contributed by atoms with Crippen LogP contribution >= 0.6 is 22.7 Å². The van der Waals surface area contributed by atoms with E-state index in [-0.39, 0.29) is 24.3 Å². The van der Waals surface area contributed by atoms with E-state index in [1.165, 1.54) is 11.3 Å². The number of carbonyl (C=O) groups is 2. The van der Waals surface area contributed by atoms with Gasteiger partial charge in [-0.15, -0.1) is 21.5 Å². The molecule has 3 heterocycles. The second-order valence-electron chi connectivity index (χ2n) is 6.71. The number of carbonyl (C=O) groups excluding carboxylic acids is 2. The first-order valence-electron chi connectivity index (χ1n) is 9.12. The van der Waals surface area contributed by atoms with E-state index in [9.17, 15) is 9.59 Å². The summed E-state index contributed by atoms with van der Waals surface area (Å²) in [5.41, 5.74) is 1.94. The second-order valence-corrected chi connectivity index (χ2v) is 8.76. The van der Waals surface area contributed by atoms with Crippen molar-refractivity contribution in [1.29, 1.82) is 0 Å². The first-order valence-corrected chi connectivity index (χ1v) is 10.8. The quantitative estimate of drug-likeness (QED) is 0.681. The lowest BCUT2D eigenvalue weighted by Gasteiger charge is -2.27. The Morgan fingerprint density at radius 3 is 2.68 bits per heavy atom. The normalized spacial score (nSPS) is 19.2. The largest absolute Gasteiger partial charge is 0.303 e. The van der Waals surface area contributed by atoms with Crippen LogP contribution in [-0.2, 0) is 16.0 Å². The lowest BCUT2D eigenvalue weighted by Crippen LogP contribution is -2.31.